The average Bonchev–Trinajstić information content (AvgIpc) is 2.63. The maximum Gasteiger partial charge on any atom is 0.225 e. The Morgan fingerprint density at radius 3 is 2.56 bits per heavy atom. The molecule has 0 aliphatic carbocycles. The third-order valence-corrected chi connectivity index (χ3v) is 5.73. The molecule has 1 aliphatic rings. The quantitative estimate of drug-likeness (QED) is 0.653. The first-order chi connectivity index (χ1) is 13.0. The summed E-state index contributed by atoms with van der Waals surface area (Å²) in [7, 11) is 0. The van der Waals surface area contributed by atoms with Gasteiger partial charge in [0.1, 0.15) is 5.82 Å². The fraction of sp³-hybridized carbons (Fsp3) is 0.400. The number of hydrogen-bond acceptors (Lipinski definition) is 5. The molecule has 1 amide bonds. The summed E-state index contributed by atoms with van der Waals surface area (Å²) < 4.78 is 6.82. The summed E-state index contributed by atoms with van der Waals surface area (Å²) in [6, 6.07) is 12.0. The molecular formula is C20H24BrN3O2S. The van der Waals surface area contributed by atoms with E-state index in [0.717, 1.165) is 39.7 Å². The van der Waals surface area contributed by atoms with Gasteiger partial charge in [-0.25, -0.2) is 4.98 Å². The third-order valence-electron chi connectivity index (χ3n) is 4.19. The molecule has 0 radical (unpaired) electrons. The highest BCUT2D eigenvalue weighted by Crippen LogP contribution is 2.22. The third kappa shape index (κ3) is 6.23. The van der Waals surface area contributed by atoms with Crippen LogP contribution in [0.1, 0.15) is 20.3 Å². The van der Waals surface area contributed by atoms with E-state index in [0.29, 0.717) is 6.42 Å². The first-order valence-corrected chi connectivity index (χ1v) is 10.8. The zero-order chi connectivity index (χ0) is 19.2. The summed E-state index contributed by atoms with van der Waals surface area (Å²) in [6.45, 7) is 5.81. The van der Waals surface area contributed by atoms with Crippen molar-refractivity contribution < 1.29 is 9.53 Å². The van der Waals surface area contributed by atoms with Gasteiger partial charge in [0, 0.05) is 34.6 Å². The van der Waals surface area contributed by atoms with Crippen LogP contribution in [0.2, 0.25) is 0 Å². The lowest BCUT2D eigenvalue weighted by molar-refractivity contribution is -0.115. The minimum absolute atomic E-state index is 0.00257. The smallest absolute Gasteiger partial charge is 0.225 e. The van der Waals surface area contributed by atoms with Crippen molar-refractivity contribution in [3.8, 4) is 0 Å². The van der Waals surface area contributed by atoms with Crippen LogP contribution in [-0.2, 0) is 9.53 Å². The minimum Gasteiger partial charge on any atom is -0.372 e. The van der Waals surface area contributed by atoms with Gasteiger partial charge in [-0.15, -0.1) is 11.8 Å². The second kappa shape index (κ2) is 9.57. The van der Waals surface area contributed by atoms with Gasteiger partial charge in [-0.2, -0.15) is 0 Å². The van der Waals surface area contributed by atoms with Crippen molar-refractivity contribution in [2.45, 2.75) is 37.4 Å². The zero-order valence-corrected chi connectivity index (χ0v) is 17.9. The highest BCUT2D eigenvalue weighted by molar-refractivity contribution is 9.10. The molecule has 7 heteroatoms. The van der Waals surface area contributed by atoms with Crippen molar-refractivity contribution in [1.82, 2.24) is 4.98 Å². The van der Waals surface area contributed by atoms with Crippen molar-refractivity contribution >= 4 is 45.1 Å². The van der Waals surface area contributed by atoms with Crippen LogP contribution in [0, 0.1) is 0 Å². The number of aromatic nitrogens is 1. The van der Waals surface area contributed by atoms with Crippen LogP contribution in [0.4, 0.5) is 11.5 Å². The molecule has 1 saturated heterocycles. The Morgan fingerprint density at radius 2 is 1.93 bits per heavy atom. The summed E-state index contributed by atoms with van der Waals surface area (Å²) in [5, 5.41) is 2.92. The predicted molar refractivity (Wildman–Crippen MR) is 115 cm³/mol. The first kappa shape index (κ1) is 20.2. The lowest BCUT2D eigenvalue weighted by atomic mass is 10.2. The van der Waals surface area contributed by atoms with Crippen LogP contribution < -0.4 is 10.2 Å². The number of benzene rings is 1. The number of nitrogens with zero attached hydrogens (tertiary/aromatic N) is 2. The van der Waals surface area contributed by atoms with Gasteiger partial charge in [-0.1, -0.05) is 15.9 Å². The molecule has 2 unspecified atom stereocenters. The molecule has 0 bridgehead atoms. The summed E-state index contributed by atoms with van der Waals surface area (Å²) in [5.41, 5.74) is 0.728. The van der Waals surface area contributed by atoms with Crippen molar-refractivity contribution in [1.29, 1.82) is 0 Å². The number of pyridine rings is 1. The molecular weight excluding hydrogens is 426 g/mol. The molecule has 1 aromatic heterocycles. The molecule has 27 heavy (non-hydrogen) atoms. The Morgan fingerprint density at radius 1 is 1.22 bits per heavy atom. The fourth-order valence-electron chi connectivity index (χ4n) is 3.03. The molecule has 1 fully saturated rings. The van der Waals surface area contributed by atoms with E-state index < -0.39 is 0 Å². The van der Waals surface area contributed by atoms with E-state index in [4.69, 9.17) is 4.74 Å². The molecule has 2 atom stereocenters. The van der Waals surface area contributed by atoms with Gasteiger partial charge in [-0.3, -0.25) is 4.79 Å². The number of ether oxygens (including phenoxy) is 1. The van der Waals surface area contributed by atoms with Gasteiger partial charge in [0.05, 0.1) is 24.1 Å². The van der Waals surface area contributed by atoms with Crippen LogP contribution in [0.15, 0.2) is 52.0 Å². The normalized spacial score (nSPS) is 19.7. The second-order valence-electron chi connectivity index (χ2n) is 6.67. The molecule has 2 aromatic rings. The Labute approximate surface area is 173 Å². The number of carbonyl (C=O) groups is 1. The van der Waals surface area contributed by atoms with Crippen molar-refractivity contribution in [3.63, 3.8) is 0 Å². The van der Waals surface area contributed by atoms with E-state index in [2.05, 4.69) is 45.0 Å². The van der Waals surface area contributed by atoms with E-state index in [9.17, 15) is 4.79 Å². The number of carbonyl (C=O) groups excluding carboxylic acids is 1. The molecule has 1 N–H and O–H groups in total. The highest BCUT2D eigenvalue weighted by atomic mass is 79.9. The topological polar surface area (TPSA) is 54.5 Å². The van der Waals surface area contributed by atoms with Gasteiger partial charge < -0.3 is 15.0 Å². The molecule has 3 rings (SSSR count). The summed E-state index contributed by atoms with van der Waals surface area (Å²) in [5.74, 6) is 1.66. The van der Waals surface area contributed by atoms with Crippen LogP contribution >= 0.6 is 27.7 Å². The lowest BCUT2D eigenvalue weighted by Crippen LogP contribution is -2.45. The van der Waals surface area contributed by atoms with Gasteiger partial charge in [0.25, 0.3) is 0 Å². The summed E-state index contributed by atoms with van der Waals surface area (Å²) in [6.07, 6.45) is 2.57. The van der Waals surface area contributed by atoms with Crippen molar-refractivity contribution in [3.05, 3.63) is 47.1 Å². The maximum atomic E-state index is 12.1. The molecule has 5 nitrogen and oxygen atoms in total. The number of hydrogen-bond donors (Lipinski definition) is 1. The molecule has 0 saturated carbocycles. The van der Waals surface area contributed by atoms with Gasteiger partial charge in [-0.05, 0) is 50.2 Å². The van der Waals surface area contributed by atoms with Crippen molar-refractivity contribution in [2.75, 3.05) is 29.1 Å². The number of anilines is 2. The monoisotopic (exact) mass is 449 g/mol. The Hall–Kier alpha value is -1.57. The molecule has 1 aliphatic heterocycles. The fourth-order valence-corrected chi connectivity index (χ4v) is 4.14. The maximum absolute atomic E-state index is 12.1. The standard InChI is InChI=1S/C20H24BrN3O2S/c1-14-12-24(13-15(2)26-14)19-8-5-17(11-22-19)23-20(25)9-10-27-18-6-3-16(21)4-7-18/h3-8,11,14-15H,9-10,12-13H2,1-2H3,(H,23,25). The predicted octanol–water partition coefficient (Wildman–Crippen LogP) is 4.58. The van der Waals surface area contributed by atoms with E-state index in [1.165, 1.54) is 0 Å². The van der Waals surface area contributed by atoms with E-state index in [-0.39, 0.29) is 18.1 Å². The van der Waals surface area contributed by atoms with Gasteiger partial charge in [0.15, 0.2) is 0 Å². The van der Waals surface area contributed by atoms with Crippen LogP contribution in [-0.4, -0.2) is 41.9 Å². The minimum atomic E-state index is 0.00257. The molecule has 0 spiro atoms. The molecule has 2 heterocycles. The molecule has 144 valence electrons. The number of rotatable bonds is 6. The van der Waals surface area contributed by atoms with Crippen LogP contribution in [0.5, 0.6) is 0 Å². The second-order valence-corrected chi connectivity index (χ2v) is 8.75. The van der Waals surface area contributed by atoms with E-state index in [1.807, 2.05) is 36.4 Å². The number of amides is 1. The summed E-state index contributed by atoms with van der Waals surface area (Å²) in [4.78, 5) is 20.0. The Kier molecular flexibility index (Phi) is 7.15. The zero-order valence-electron chi connectivity index (χ0n) is 15.5. The van der Waals surface area contributed by atoms with E-state index >= 15 is 0 Å². The summed E-state index contributed by atoms with van der Waals surface area (Å²) >= 11 is 5.10. The van der Waals surface area contributed by atoms with Crippen LogP contribution in [0.25, 0.3) is 0 Å². The SMILES string of the molecule is CC1CN(c2ccc(NC(=O)CCSc3ccc(Br)cc3)cn2)CC(C)O1. The first-order valence-electron chi connectivity index (χ1n) is 9.04. The van der Waals surface area contributed by atoms with Crippen molar-refractivity contribution in [2.24, 2.45) is 0 Å². The number of morpholine rings is 1. The lowest BCUT2D eigenvalue weighted by Gasteiger charge is -2.36. The Balaban J connectivity index is 1.46. The Bertz CT molecular complexity index is 745. The van der Waals surface area contributed by atoms with Gasteiger partial charge in [0.2, 0.25) is 5.91 Å². The number of halogens is 1. The van der Waals surface area contributed by atoms with Crippen LogP contribution in [0.3, 0.4) is 0 Å². The number of thioether (sulfide) groups is 1. The largest absolute Gasteiger partial charge is 0.372 e. The highest BCUT2D eigenvalue weighted by Gasteiger charge is 2.23. The average molecular weight is 450 g/mol. The van der Waals surface area contributed by atoms with Gasteiger partial charge >= 0.3 is 0 Å². The van der Waals surface area contributed by atoms with E-state index in [1.54, 1.807) is 18.0 Å². The molecule has 1 aromatic carbocycles. The number of nitrogens with one attached hydrogen (secondary N) is 1.